The van der Waals surface area contributed by atoms with Gasteiger partial charge < -0.3 is 24.0 Å². The fourth-order valence-corrected chi connectivity index (χ4v) is 4.22. The van der Waals surface area contributed by atoms with E-state index >= 15 is 0 Å². The van der Waals surface area contributed by atoms with Gasteiger partial charge in [0, 0.05) is 30.2 Å². The Labute approximate surface area is 197 Å². The summed E-state index contributed by atoms with van der Waals surface area (Å²) in [6.07, 6.45) is 0.0422. The van der Waals surface area contributed by atoms with Gasteiger partial charge >= 0.3 is 0 Å². The van der Waals surface area contributed by atoms with Crippen molar-refractivity contribution in [2.24, 2.45) is 0 Å². The van der Waals surface area contributed by atoms with Crippen LogP contribution in [0.15, 0.2) is 48.5 Å². The maximum atomic E-state index is 13.7. The van der Waals surface area contributed by atoms with Crippen LogP contribution < -0.4 is 4.74 Å². The Morgan fingerprint density at radius 1 is 1.03 bits per heavy atom. The molecule has 1 atom stereocenters. The highest BCUT2D eigenvalue weighted by molar-refractivity contribution is 6.30. The van der Waals surface area contributed by atoms with Gasteiger partial charge in [-0.3, -0.25) is 9.59 Å². The van der Waals surface area contributed by atoms with E-state index in [2.05, 4.69) is 0 Å². The molecule has 176 valence electrons. The number of ether oxygens (including phenoxy) is 3. The van der Waals surface area contributed by atoms with Gasteiger partial charge in [-0.05, 0) is 36.4 Å². The molecule has 2 aliphatic rings. The SMILES string of the molecule is O=C(CC1(COc2cccc(Cl)c2)CN(C(=O)c2cccc(F)c2)CCO1)N1CCOCC1. The summed E-state index contributed by atoms with van der Waals surface area (Å²) in [6.45, 7) is 2.75. The monoisotopic (exact) mass is 476 g/mol. The molecular formula is C24H26ClFN2O5. The Balaban J connectivity index is 1.53. The number of carbonyl (C=O) groups excluding carboxylic acids is 2. The second kappa shape index (κ2) is 10.5. The standard InChI is InChI=1S/C24H26ClFN2O5/c25-19-4-2-6-21(14-19)32-17-24(15-22(29)27-7-10-31-11-8-27)16-28(9-12-33-24)23(30)18-3-1-5-20(26)13-18/h1-6,13-14H,7-12,15-17H2. The summed E-state index contributed by atoms with van der Waals surface area (Å²) in [5, 5.41) is 0.526. The predicted octanol–water partition coefficient (Wildman–Crippen LogP) is 3.02. The number of hydrogen-bond acceptors (Lipinski definition) is 5. The summed E-state index contributed by atoms with van der Waals surface area (Å²) < 4.78 is 31.1. The van der Waals surface area contributed by atoms with Gasteiger partial charge in [-0.15, -0.1) is 0 Å². The topological polar surface area (TPSA) is 68.3 Å². The summed E-state index contributed by atoms with van der Waals surface area (Å²) in [6, 6.07) is 12.5. The van der Waals surface area contributed by atoms with Gasteiger partial charge in [-0.1, -0.05) is 23.7 Å². The minimum atomic E-state index is -1.06. The van der Waals surface area contributed by atoms with Gasteiger partial charge in [-0.25, -0.2) is 4.39 Å². The fraction of sp³-hybridized carbons (Fsp3) is 0.417. The molecule has 0 bridgehead atoms. The minimum Gasteiger partial charge on any atom is -0.490 e. The molecule has 0 aliphatic carbocycles. The highest BCUT2D eigenvalue weighted by Crippen LogP contribution is 2.27. The van der Waals surface area contributed by atoms with E-state index in [0.717, 1.165) is 0 Å². The first-order valence-corrected chi connectivity index (χ1v) is 11.2. The second-order valence-electron chi connectivity index (χ2n) is 8.18. The van der Waals surface area contributed by atoms with Crippen LogP contribution in [0, 0.1) is 5.82 Å². The number of halogens is 2. The first-order chi connectivity index (χ1) is 15.9. The van der Waals surface area contributed by atoms with Crippen molar-refractivity contribution in [3.63, 3.8) is 0 Å². The van der Waals surface area contributed by atoms with Crippen LogP contribution in [0.2, 0.25) is 5.02 Å². The molecule has 4 rings (SSSR count). The van der Waals surface area contributed by atoms with Gasteiger partial charge in [0.1, 0.15) is 23.8 Å². The molecule has 33 heavy (non-hydrogen) atoms. The molecule has 2 heterocycles. The van der Waals surface area contributed by atoms with Crippen LogP contribution in [0.25, 0.3) is 0 Å². The zero-order valence-corrected chi connectivity index (χ0v) is 18.9. The summed E-state index contributed by atoms with van der Waals surface area (Å²) >= 11 is 6.06. The molecule has 0 aromatic heterocycles. The molecular weight excluding hydrogens is 451 g/mol. The lowest BCUT2D eigenvalue weighted by molar-refractivity contribution is -0.155. The van der Waals surface area contributed by atoms with Crippen LogP contribution in [-0.4, -0.2) is 79.8 Å². The highest BCUT2D eigenvalue weighted by atomic mass is 35.5. The van der Waals surface area contributed by atoms with Crippen molar-refractivity contribution >= 4 is 23.4 Å². The Morgan fingerprint density at radius 3 is 2.55 bits per heavy atom. The third kappa shape index (κ3) is 6.01. The molecule has 2 amide bonds. The minimum absolute atomic E-state index is 0.0422. The number of carbonyl (C=O) groups is 2. The van der Waals surface area contributed by atoms with Crippen molar-refractivity contribution in [2.75, 3.05) is 52.6 Å². The summed E-state index contributed by atoms with van der Waals surface area (Å²) in [4.78, 5) is 29.5. The lowest BCUT2D eigenvalue weighted by Crippen LogP contribution is -2.58. The first-order valence-electron chi connectivity index (χ1n) is 10.9. The van der Waals surface area contributed by atoms with Gasteiger partial charge in [0.05, 0.1) is 32.8 Å². The zero-order chi connectivity index (χ0) is 23.3. The maximum Gasteiger partial charge on any atom is 0.254 e. The molecule has 2 saturated heterocycles. The molecule has 2 aliphatic heterocycles. The van der Waals surface area contributed by atoms with Gasteiger partial charge in [-0.2, -0.15) is 0 Å². The normalized spacial score (nSPS) is 21.0. The average molecular weight is 477 g/mol. The van der Waals surface area contributed by atoms with Crippen molar-refractivity contribution in [3.05, 3.63) is 64.9 Å². The van der Waals surface area contributed by atoms with Crippen LogP contribution >= 0.6 is 11.6 Å². The average Bonchev–Trinajstić information content (AvgIpc) is 2.83. The highest BCUT2D eigenvalue weighted by Gasteiger charge is 2.42. The molecule has 0 radical (unpaired) electrons. The van der Waals surface area contributed by atoms with Gasteiger partial charge in [0.15, 0.2) is 0 Å². The number of benzene rings is 2. The quantitative estimate of drug-likeness (QED) is 0.641. The summed E-state index contributed by atoms with van der Waals surface area (Å²) in [5.74, 6) is -0.346. The summed E-state index contributed by atoms with van der Waals surface area (Å²) in [5.41, 5.74) is -0.806. The van der Waals surface area contributed by atoms with Gasteiger partial charge in [0.25, 0.3) is 5.91 Å². The smallest absolute Gasteiger partial charge is 0.254 e. The molecule has 0 spiro atoms. The second-order valence-corrected chi connectivity index (χ2v) is 8.62. The number of morpholine rings is 2. The third-order valence-corrected chi connectivity index (χ3v) is 5.98. The molecule has 2 fully saturated rings. The van der Waals surface area contributed by atoms with E-state index < -0.39 is 11.4 Å². The zero-order valence-electron chi connectivity index (χ0n) is 18.2. The fourth-order valence-electron chi connectivity index (χ4n) is 4.04. The lowest BCUT2D eigenvalue weighted by atomic mass is 9.96. The Morgan fingerprint density at radius 2 is 1.79 bits per heavy atom. The molecule has 0 N–H and O–H groups in total. The van der Waals surface area contributed by atoms with Crippen LogP contribution in [-0.2, 0) is 14.3 Å². The summed E-state index contributed by atoms with van der Waals surface area (Å²) in [7, 11) is 0. The van der Waals surface area contributed by atoms with Crippen molar-refractivity contribution in [3.8, 4) is 5.75 Å². The number of nitrogens with zero attached hydrogens (tertiary/aromatic N) is 2. The van der Waals surface area contributed by atoms with Crippen LogP contribution in [0.3, 0.4) is 0 Å². The Bertz CT molecular complexity index is 1000. The van der Waals surface area contributed by atoms with E-state index in [9.17, 15) is 14.0 Å². The molecule has 1 unspecified atom stereocenters. The van der Waals surface area contributed by atoms with Crippen LogP contribution in [0.4, 0.5) is 4.39 Å². The maximum absolute atomic E-state index is 13.7. The third-order valence-electron chi connectivity index (χ3n) is 5.74. The number of hydrogen-bond donors (Lipinski definition) is 0. The van der Waals surface area contributed by atoms with Crippen molar-refractivity contribution < 1.29 is 28.2 Å². The lowest BCUT2D eigenvalue weighted by Gasteiger charge is -2.43. The number of amides is 2. The molecule has 9 heteroatoms. The van der Waals surface area contributed by atoms with Gasteiger partial charge in [0.2, 0.25) is 5.91 Å². The predicted molar refractivity (Wildman–Crippen MR) is 120 cm³/mol. The van der Waals surface area contributed by atoms with E-state index in [4.69, 9.17) is 25.8 Å². The van der Waals surface area contributed by atoms with Crippen molar-refractivity contribution in [1.29, 1.82) is 0 Å². The van der Waals surface area contributed by atoms with E-state index in [0.29, 0.717) is 43.6 Å². The van der Waals surface area contributed by atoms with E-state index in [1.165, 1.54) is 18.2 Å². The Kier molecular flexibility index (Phi) is 7.47. The molecule has 2 aromatic carbocycles. The van der Waals surface area contributed by atoms with E-state index in [1.54, 1.807) is 40.1 Å². The van der Waals surface area contributed by atoms with E-state index in [-0.39, 0.29) is 43.6 Å². The largest absolute Gasteiger partial charge is 0.490 e. The van der Waals surface area contributed by atoms with Crippen molar-refractivity contribution in [2.45, 2.75) is 12.0 Å². The molecule has 2 aromatic rings. The van der Waals surface area contributed by atoms with Crippen LogP contribution in [0.1, 0.15) is 16.8 Å². The van der Waals surface area contributed by atoms with E-state index in [1.807, 2.05) is 0 Å². The first kappa shape index (κ1) is 23.5. The molecule has 0 saturated carbocycles. The number of rotatable bonds is 6. The molecule has 7 nitrogen and oxygen atoms in total. The van der Waals surface area contributed by atoms with Crippen molar-refractivity contribution in [1.82, 2.24) is 9.80 Å². The van der Waals surface area contributed by atoms with Crippen LogP contribution in [0.5, 0.6) is 5.75 Å². The Hall–Kier alpha value is -2.68.